The van der Waals surface area contributed by atoms with Gasteiger partial charge in [-0.2, -0.15) is 0 Å². The minimum Gasteiger partial charge on any atom is -0.396 e. The normalized spacial score (nSPS) is 24.3. The Balaban J connectivity index is 2.33. The van der Waals surface area contributed by atoms with Crippen molar-refractivity contribution in [1.29, 1.82) is 0 Å². The van der Waals surface area contributed by atoms with Crippen molar-refractivity contribution in [3.63, 3.8) is 0 Å². The second-order valence-corrected chi connectivity index (χ2v) is 5.37. The lowest BCUT2D eigenvalue weighted by molar-refractivity contribution is 0.259. The van der Waals surface area contributed by atoms with E-state index in [9.17, 15) is 5.11 Å². The molecule has 0 bridgehead atoms. The molecule has 100 valence electrons. The van der Waals surface area contributed by atoms with Gasteiger partial charge < -0.3 is 15.3 Å². The maximum Gasteiger partial charge on any atom is 0.0451 e. The van der Waals surface area contributed by atoms with E-state index in [1.165, 1.54) is 16.8 Å². The molecule has 2 rings (SSSR count). The number of benzene rings is 1. The zero-order valence-corrected chi connectivity index (χ0v) is 11.6. The molecule has 1 fully saturated rings. The molecule has 1 heterocycles. The van der Waals surface area contributed by atoms with E-state index >= 15 is 0 Å². The van der Waals surface area contributed by atoms with Gasteiger partial charge in [-0.3, -0.25) is 0 Å². The van der Waals surface area contributed by atoms with E-state index in [-0.39, 0.29) is 6.61 Å². The van der Waals surface area contributed by atoms with Crippen molar-refractivity contribution in [3.8, 4) is 0 Å². The quantitative estimate of drug-likeness (QED) is 0.857. The lowest BCUT2D eigenvalue weighted by Crippen LogP contribution is -2.57. The predicted molar refractivity (Wildman–Crippen MR) is 76.2 cm³/mol. The maximum absolute atomic E-state index is 9.24. The molecule has 0 spiro atoms. The number of aliphatic hydroxyl groups is 1. The molecule has 0 radical (unpaired) electrons. The summed E-state index contributed by atoms with van der Waals surface area (Å²) < 4.78 is 0. The SMILES string of the molecule is Cc1ccc(C)c(N2C(C)CNCC2CCO)c1. The number of piperazine rings is 1. The summed E-state index contributed by atoms with van der Waals surface area (Å²) in [4.78, 5) is 2.48. The van der Waals surface area contributed by atoms with Gasteiger partial charge in [0.05, 0.1) is 0 Å². The van der Waals surface area contributed by atoms with Crippen LogP contribution in [-0.2, 0) is 0 Å². The standard InChI is InChI=1S/C15H24N2O/c1-11-4-5-12(2)15(8-11)17-13(3)9-16-10-14(17)6-7-18/h4-5,8,13-14,16,18H,6-7,9-10H2,1-3H3. The average Bonchev–Trinajstić information content (AvgIpc) is 2.34. The van der Waals surface area contributed by atoms with Gasteiger partial charge in [-0.25, -0.2) is 0 Å². The monoisotopic (exact) mass is 248 g/mol. The van der Waals surface area contributed by atoms with Gasteiger partial charge in [0.25, 0.3) is 0 Å². The summed E-state index contributed by atoms with van der Waals surface area (Å²) >= 11 is 0. The number of anilines is 1. The molecule has 2 atom stereocenters. The van der Waals surface area contributed by atoms with Crippen LogP contribution < -0.4 is 10.2 Å². The Kier molecular flexibility index (Phi) is 4.25. The molecule has 1 saturated heterocycles. The van der Waals surface area contributed by atoms with Crippen LogP contribution in [0.4, 0.5) is 5.69 Å². The Morgan fingerprint density at radius 2 is 2.11 bits per heavy atom. The van der Waals surface area contributed by atoms with Crippen LogP contribution in [0.1, 0.15) is 24.5 Å². The second-order valence-electron chi connectivity index (χ2n) is 5.37. The fraction of sp³-hybridized carbons (Fsp3) is 0.600. The first-order chi connectivity index (χ1) is 8.63. The van der Waals surface area contributed by atoms with Gasteiger partial charge in [-0.15, -0.1) is 0 Å². The summed E-state index contributed by atoms with van der Waals surface area (Å²) in [5.41, 5.74) is 3.93. The highest BCUT2D eigenvalue weighted by molar-refractivity contribution is 5.57. The molecule has 1 aromatic carbocycles. The van der Waals surface area contributed by atoms with E-state index < -0.39 is 0 Å². The van der Waals surface area contributed by atoms with Crippen molar-refractivity contribution < 1.29 is 5.11 Å². The van der Waals surface area contributed by atoms with Gasteiger partial charge in [0.1, 0.15) is 0 Å². The molecule has 0 aliphatic carbocycles. The lowest BCUT2D eigenvalue weighted by atomic mass is 10.0. The Morgan fingerprint density at radius 3 is 2.83 bits per heavy atom. The topological polar surface area (TPSA) is 35.5 Å². The Morgan fingerprint density at radius 1 is 1.33 bits per heavy atom. The average molecular weight is 248 g/mol. The van der Waals surface area contributed by atoms with Crippen LogP contribution in [0.3, 0.4) is 0 Å². The molecule has 2 N–H and O–H groups in total. The summed E-state index contributed by atoms with van der Waals surface area (Å²) in [6.45, 7) is 8.77. The van der Waals surface area contributed by atoms with E-state index in [2.05, 4.69) is 49.2 Å². The van der Waals surface area contributed by atoms with Gasteiger partial charge in [0.2, 0.25) is 0 Å². The zero-order valence-electron chi connectivity index (χ0n) is 11.6. The fourth-order valence-corrected chi connectivity index (χ4v) is 2.84. The lowest BCUT2D eigenvalue weighted by Gasteiger charge is -2.43. The molecule has 0 amide bonds. The van der Waals surface area contributed by atoms with Crippen molar-refractivity contribution in [1.82, 2.24) is 5.32 Å². The Bertz CT molecular complexity index is 403. The van der Waals surface area contributed by atoms with Crippen LogP contribution in [-0.4, -0.2) is 36.9 Å². The second kappa shape index (κ2) is 5.72. The third-order valence-electron chi connectivity index (χ3n) is 3.79. The summed E-state index contributed by atoms with van der Waals surface area (Å²) in [5.74, 6) is 0. The van der Waals surface area contributed by atoms with Crippen LogP contribution >= 0.6 is 0 Å². The van der Waals surface area contributed by atoms with Crippen molar-refractivity contribution >= 4 is 5.69 Å². The number of hydrogen-bond donors (Lipinski definition) is 2. The van der Waals surface area contributed by atoms with Crippen LogP contribution in [0, 0.1) is 13.8 Å². The molecule has 1 aromatic rings. The predicted octanol–water partition coefficient (Wildman–Crippen LogP) is 1.85. The minimum absolute atomic E-state index is 0.250. The molecule has 0 saturated carbocycles. The Hall–Kier alpha value is -1.06. The van der Waals surface area contributed by atoms with Crippen LogP contribution in [0.2, 0.25) is 0 Å². The summed E-state index contributed by atoms with van der Waals surface area (Å²) in [5, 5.41) is 12.7. The molecule has 18 heavy (non-hydrogen) atoms. The van der Waals surface area contributed by atoms with Gasteiger partial charge in [-0.1, -0.05) is 12.1 Å². The third kappa shape index (κ3) is 2.68. The summed E-state index contributed by atoms with van der Waals surface area (Å²) in [6.07, 6.45) is 0.824. The van der Waals surface area contributed by atoms with Gasteiger partial charge >= 0.3 is 0 Å². The summed E-state index contributed by atoms with van der Waals surface area (Å²) in [7, 11) is 0. The van der Waals surface area contributed by atoms with Crippen molar-refractivity contribution in [2.75, 3.05) is 24.6 Å². The van der Waals surface area contributed by atoms with Crippen molar-refractivity contribution in [3.05, 3.63) is 29.3 Å². The van der Waals surface area contributed by atoms with E-state index in [1.54, 1.807) is 0 Å². The molecule has 1 aliphatic rings. The molecular weight excluding hydrogens is 224 g/mol. The number of aryl methyl sites for hydroxylation is 2. The van der Waals surface area contributed by atoms with E-state index in [0.717, 1.165) is 19.5 Å². The number of rotatable bonds is 3. The summed E-state index contributed by atoms with van der Waals surface area (Å²) in [6, 6.07) is 7.47. The van der Waals surface area contributed by atoms with Gasteiger partial charge in [-0.05, 0) is 44.4 Å². The maximum atomic E-state index is 9.24. The molecular formula is C15H24N2O. The highest BCUT2D eigenvalue weighted by Crippen LogP contribution is 2.28. The highest BCUT2D eigenvalue weighted by Gasteiger charge is 2.28. The van der Waals surface area contributed by atoms with Gasteiger partial charge in [0.15, 0.2) is 0 Å². The molecule has 0 aromatic heterocycles. The molecule has 3 nitrogen and oxygen atoms in total. The van der Waals surface area contributed by atoms with E-state index in [1.807, 2.05) is 0 Å². The Labute approximate surface area is 110 Å². The van der Waals surface area contributed by atoms with Crippen molar-refractivity contribution in [2.24, 2.45) is 0 Å². The number of nitrogens with zero attached hydrogens (tertiary/aromatic N) is 1. The molecule has 1 aliphatic heterocycles. The molecule has 2 unspecified atom stereocenters. The first kappa shape index (κ1) is 13.4. The van der Waals surface area contributed by atoms with E-state index in [0.29, 0.717) is 12.1 Å². The third-order valence-corrected chi connectivity index (χ3v) is 3.79. The first-order valence-corrected chi connectivity index (χ1v) is 6.80. The number of nitrogens with one attached hydrogen (secondary N) is 1. The van der Waals surface area contributed by atoms with Crippen LogP contribution in [0.25, 0.3) is 0 Å². The van der Waals surface area contributed by atoms with Crippen molar-refractivity contribution in [2.45, 2.75) is 39.3 Å². The number of hydrogen-bond acceptors (Lipinski definition) is 3. The molecule has 3 heteroatoms. The minimum atomic E-state index is 0.250. The zero-order chi connectivity index (χ0) is 13.1. The van der Waals surface area contributed by atoms with Gasteiger partial charge in [0, 0.05) is 37.5 Å². The fourth-order valence-electron chi connectivity index (χ4n) is 2.84. The largest absolute Gasteiger partial charge is 0.396 e. The number of aliphatic hydroxyl groups excluding tert-OH is 1. The highest BCUT2D eigenvalue weighted by atomic mass is 16.3. The smallest absolute Gasteiger partial charge is 0.0451 e. The van der Waals surface area contributed by atoms with Crippen LogP contribution in [0.15, 0.2) is 18.2 Å². The first-order valence-electron chi connectivity index (χ1n) is 6.80. The van der Waals surface area contributed by atoms with Crippen LogP contribution in [0.5, 0.6) is 0 Å². The van der Waals surface area contributed by atoms with E-state index in [4.69, 9.17) is 0 Å².